The summed E-state index contributed by atoms with van der Waals surface area (Å²) >= 11 is 5.94. The Bertz CT molecular complexity index is 393. The lowest BCUT2D eigenvalue weighted by molar-refractivity contribution is 0.0183. The number of hydrogen-bond donors (Lipinski definition) is 1. The van der Waals surface area contributed by atoms with Gasteiger partial charge in [0.05, 0.1) is 6.10 Å². The summed E-state index contributed by atoms with van der Waals surface area (Å²) in [5, 5.41) is 10.6. The van der Waals surface area contributed by atoms with E-state index in [0.717, 1.165) is 5.56 Å². The number of benzene rings is 1. The molecule has 1 aromatic rings. The fraction of sp³-hybridized carbons (Fsp3) is 0.538. The molecular weight excluding hydrogens is 241 g/mol. The summed E-state index contributed by atoms with van der Waals surface area (Å²) in [6.07, 6.45) is -0.162. The van der Waals surface area contributed by atoms with Crippen LogP contribution in [-0.2, 0) is 6.42 Å². The minimum absolute atomic E-state index is 0.360. The van der Waals surface area contributed by atoms with E-state index in [2.05, 4.69) is 0 Å². The van der Waals surface area contributed by atoms with E-state index < -0.39 is 6.10 Å². The van der Waals surface area contributed by atoms with Gasteiger partial charge in [0.1, 0.15) is 5.82 Å². The smallest absolute Gasteiger partial charge is 0.124 e. The zero-order chi connectivity index (χ0) is 13.2. The Hall–Kier alpha value is -0.640. The fourth-order valence-corrected chi connectivity index (χ4v) is 1.69. The van der Waals surface area contributed by atoms with E-state index in [9.17, 15) is 9.50 Å². The van der Waals surface area contributed by atoms with E-state index in [1.807, 2.05) is 32.8 Å². The van der Waals surface area contributed by atoms with Gasteiger partial charge in [0.15, 0.2) is 0 Å². The first-order valence-corrected chi connectivity index (χ1v) is 5.92. The Labute approximate surface area is 107 Å². The average Bonchev–Trinajstić information content (AvgIpc) is 2.21. The predicted molar refractivity (Wildman–Crippen MR) is 68.9 cm³/mol. The molecule has 0 bridgehead atoms. The number of aliphatic hydroxyl groups excluding tert-OH is 1. The maximum Gasteiger partial charge on any atom is 0.124 e. The Kier molecular flexibility index (Phi) is 4.53. The quantitative estimate of drug-likeness (QED) is 0.899. The number of halogens is 2. The van der Waals surface area contributed by atoms with Crippen LogP contribution in [-0.4, -0.2) is 35.7 Å². The van der Waals surface area contributed by atoms with Crippen molar-refractivity contribution < 1.29 is 9.50 Å². The second-order valence-corrected chi connectivity index (χ2v) is 5.41. The van der Waals surface area contributed by atoms with Gasteiger partial charge in [0.25, 0.3) is 0 Å². The molecule has 1 atom stereocenters. The molecule has 0 saturated heterocycles. The van der Waals surface area contributed by atoms with Crippen molar-refractivity contribution in [2.75, 3.05) is 14.1 Å². The Morgan fingerprint density at radius 2 is 2.00 bits per heavy atom. The molecule has 0 fully saturated rings. The molecule has 1 aromatic carbocycles. The van der Waals surface area contributed by atoms with Gasteiger partial charge < -0.3 is 10.0 Å². The van der Waals surface area contributed by atoms with Crippen molar-refractivity contribution in [1.82, 2.24) is 4.90 Å². The van der Waals surface area contributed by atoms with Gasteiger partial charge in [-0.1, -0.05) is 17.7 Å². The van der Waals surface area contributed by atoms with Gasteiger partial charge in [0, 0.05) is 17.0 Å². The van der Waals surface area contributed by atoms with Gasteiger partial charge in [-0.25, -0.2) is 4.39 Å². The normalized spacial score (nSPS) is 14.1. The molecule has 2 nitrogen and oxygen atoms in total. The van der Waals surface area contributed by atoms with Crippen molar-refractivity contribution in [3.8, 4) is 0 Å². The van der Waals surface area contributed by atoms with Gasteiger partial charge in [-0.2, -0.15) is 0 Å². The van der Waals surface area contributed by atoms with Crippen molar-refractivity contribution in [2.24, 2.45) is 0 Å². The molecule has 0 aliphatic rings. The first-order chi connectivity index (χ1) is 7.75. The van der Waals surface area contributed by atoms with Crippen molar-refractivity contribution in [2.45, 2.75) is 31.9 Å². The van der Waals surface area contributed by atoms with Crippen LogP contribution < -0.4 is 0 Å². The van der Waals surface area contributed by atoms with Crippen LogP contribution >= 0.6 is 11.6 Å². The molecule has 0 aliphatic heterocycles. The lowest BCUT2D eigenvalue weighted by atomic mass is 9.91. The van der Waals surface area contributed by atoms with Crippen LogP contribution in [0, 0.1) is 5.82 Å². The second kappa shape index (κ2) is 5.34. The third-order valence-corrected chi connectivity index (χ3v) is 3.75. The minimum atomic E-state index is -0.569. The number of aliphatic hydroxyl groups is 1. The summed E-state index contributed by atoms with van der Waals surface area (Å²) in [7, 11) is 3.82. The lowest BCUT2D eigenvalue weighted by Gasteiger charge is -2.37. The van der Waals surface area contributed by atoms with E-state index >= 15 is 0 Å². The van der Waals surface area contributed by atoms with Crippen molar-refractivity contribution in [1.29, 1.82) is 0 Å². The summed E-state index contributed by atoms with van der Waals surface area (Å²) in [5.74, 6) is -0.361. The van der Waals surface area contributed by atoms with E-state index in [-0.39, 0.29) is 11.4 Å². The van der Waals surface area contributed by atoms with Gasteiger partial charge in [-0.15, -0.1) is 0 Å². The Morgan fingerprint density at radius 3 is 2.47 bits per heavy atom. The first-order valence-electron chi connectivity index (χ1n) is 5.54. The maximum atomic E-state index is 12.9. The van der Waals surface area contributed by atoms with Crippen molar-refractivity contribution in [3.63, 3.8) is 0 Å². The fourth-order valence-electron chi connectivity index (χ4n) is 1.44. The molecule has 0 saturated carbocycles. The largest absolute Gasteiger partial charge is 0.391 e. The number of nitrogens with zero attached hydrogens (tertiary/aromatic N) is 1. The molecular formula is C13H19ClFNO. The Balaban J connectivity index is 2.84. The van der Waals surface area contributed by atoms with Crippen LogP contribution in [0.25, 0.3) is 0 Å². The molecule has 17 heavy (non-hydrogen) atoms. The highest BCUT2D eigenvalue weighted by molar-refractivity contribution is 6.31. The molecule has 0 aromatic heterocycles. The molecule has 1 rings (SSSR count). The van der Waals surface area contributed by atoms with Gasteiger partial charge in [-0.05, 0) is 45.6 Å². The summed E-state index contributed by atoms with van der Waals surface area (Å²) in [4.78, 5) is 1.95. The van der Waals surface area contributed by atoms with Crippen LogP contribution in [0.2, 0.25) is 5.02 Å². The monoisotopic (exact) mass is 259 g/mol. The summed E-state index contributed by atoms with van der Waals surface area (Å²) < 4.78 is 12.9. The predicted octanol–water partition coefficient (Wildman–Crippen LogP) is 2.72. The van der Waals surface area contributed by atoms with Crippen LogP contribution in [0.15, 0.2) is 18.2 Å². The molecule has 4 heteroatoms. The first kappa shape index (κ1) is 14.4. The van der Waals surface area contributed by atoms with E-state index in [1.165, 1.54) is 12.1 Å². The highest BCUT2D eigenvalue weighted by atomic mass is 35.5. The van der Waals surface area contributed by atoms with Crippen molar-refractivity contribution in [3.05, 3.63) is 34.6 Å². The Morgan fingerprint density at radius 1 is 1.41 bits per heavy atom. The van der Waals surface area contributed by atoms with Crippen LogP contribution in [0.3, 0.4) is 0 Å². The zero-order valence-corrected chi connectivity index (χ0v) is 11.4. The molecule has 0 heterocycles. The van der Waals surface area contributed by atoms with Crippen LogP contribution in [0.5, 0.6) is 0 Å². The van der Waals surface area contributed by atoms with Gasteiger partial charge in [-0.3, -0.25) is 0 Å². The topological polar surface area (TPSA) is 23.5 Å². The number of hydrogen-bond acceptors (Lipinski definition) is 2. The number of likely N-dealkylation sites (N-methyl/N-ethyl adjacent to an activating group) is 1. The van der Waals surface area contributed by atoms with E-state index in [0.29, 0.717) is 11.4 Å². The molecule has 0 amide bonds. The molecule has 0 spiro atoms. The van der Waals surface area contributed by atoms with E-state index in [4.69, 9.17) is 11.6 Å². The minimum Gasteiger partial charge on any atom is -0.391 e. The summed E-state index contributed by atoms with van der Waals surface area (Å²) in [6.45, 7) is 3.91. The number of rotatable bonds is 4. The zero-order valence-electron chi connectivity index (χ0n) is 10.7. The van der Waals surface area contributed by atoms with Gasteiger partial charge >= 0.3 is 0 Å². The summed E-state index contributed by atoms with van der Waals surface area (Å²) in [5.41, 5.74) is 0.396. The highest BCUT2D eigenvalue weighted by Crippen LogP contribution is 2.24. The maximum absolute atomic E-state index is 12.9. The molecule has 0 radical (unpaired) electrons. The van der Waals surface area contributed by atoms with Gasteiger partial charge in [0.2, 0.25) is 0 Å². The second-order valence-electron chi connectivity index (χ2n) is 5.00. The standard InChI is InChI=1S/C13H19ClFNO/c1-13(2,16(3)4)12(17)7-9-5-6-10(15)8-11(9)14/h5-6,8,12,17H,7H2,1-4H3. The summed E-state index contributed by atoms with van der Waals surface area (Å²) in [6, 6.07) is 4.25. The lowest BCUT2D eigenvalue weighted by Crippen LogP contribution is -2.49. The molecule has 96 valence electrons. The third kappa shape index (κ3) is 3.41. The van der Waals surface area contributed by atoms with Crippen LogP contribution in [0.4, 0.5) is 4.39 Å². The molecule has 1 N–H and O–H groups in total. The molecule has 1 unspecified atom stereocenters. The third-order valence-electron chi connectivity index (χ3n) is 3.40. The van der Waals surface area contributed by atoms with Crippen LogP contribution in [0.1, 0.15) is 19.4 Å². The average molecular weight is 260 g/mol. The highest BCUT2D eigenvalue weighted by Gasteiger charge is 2.30. The molecule has 0 aliphatic carbocycles. The van der Waals surface area contributed by atoms with E-state index in [1.54, 1.807) is 6.07 Å². The van der Waals surface area contributed by atoms with Crippen molar-refractivity contribution >= 4 is 11.6 Å². The SMILES string of the molecule is CN(C)C(C)(C)C(O)Cc1ccc(F)cc1Cl.